The predicted octanol–water partition coefficient (Wildman–Crippen LogP) is 5.02. The summed E-state index contributed by atoms with van der Waals surface area (Å²) in [7, 11) is 0. The number of hydrogen-bond acceptors (Lipinski definition) is 3. The third-order valence-corrected chi connectivity index (χ3v) is 3.74. The van der Waals surface area contributed by atoms with Crippen molar-refractivity contribution >= 4 is 27.7 Å². The molecule has 1 amide bonds. The number of amides is 1. The molecular weight excluding hydrogens is 346 g/mol. The Morgan fingerprint density at radius 1 is 1.18 bits per heavy atom. The molecule has 1 aliphatic rings. The van der Waals surface area contributed by atoms with Crippen molar-refractivity contribution in [3.05, 3.63) is 52.5 Å². The molecule has 0 bridgehead atoms. The fourth-order valence-electron chi connectivity index (χ4n) is 2.09. The van der Waals surface area contributed by atoms with Gasteiger partial charge in [-0.05, 0) is 24.3 Å². The lowest BCUT2D eigenvalue weighted by atomic mass is 10.1. The molecule has 1 aliphatic heterocycles. The summed E-state index contributed by atoms with van der Waals surface area (Å²) in [5.74, 6) is 1.21. The van der Waals surface area contributed by atoms with E-state index in [1.807, 2.05) is 38.1 Å². The van der Waals surface area contributed by atoms with Gasteiger partial charge in [0, 0.05) is 16.5 Å². The Hall–Kier alpha value is -2.01. The van der Waals surface area contributed by atoms with Crippen LogP contribution in [0.2, 0.25) is 0 Å². The first-order chi connectivity index (χ1) is 10.7. The molecule has 1 heterocycles. The molecule has 0 atom stereocenters. The van der Waals surface area contributed by atoms with Crippen LogP contribution in [0.5, 0.6) is 11.5 Å². The third-order valence-electron chi connectivity index (χ3n) is 2.99. The Balaban J connectivity index is 0.000000847. The second kappa shape index (κ2) is 7.84. The van der Waals surface area contributed by atoms with Crippen molar-refractivity contribution in [2.24, 2.45) is 0 Å². The van der Waals surface area contributed by atoms with E-state index in [1.54, 1.807) is 18.2 Å². The summed E-state index contributed by atoms with van der Waals surface area (Å²) >= 11 is 3.48. The Morgan fingerprint density at radius 3 is 2.64 bits per heavy atom. The minimum absolute atomic E-state index is 0.500. The molecule has 4 nitrogen and oxygen atoms in total. The molecule has 22 heavy (non-hydrogen) atoms. The number of benzene rings is 2. The van der Waals surface area contributed by atoms with Crippen LogP contribution in [0.3, 0.4) is 0 Å². The van der Waals surface area contributed by atoms with Crippen molar-refractivity contribution in [2.75, 3.05) is 11.9 Å². The zero-order valence-electron chi connectivity index (χ0n) is 12.6. The van der Waals surface area contributed by atoms with Gasteiger partial charge in [-0.1, -0.05) is 48.0 Å². The second-order valence-electron chi connectivity index (χ2n) is 4.33. The summed E-state index contributed by atoms with van der Waals surface area (Å²) in [5, 5.41) is 2.71. The van der Waals surface area contributed by atoms with Crippen LogP contribution in [0.25, 0.3) is 0 Å². The highest BCUT2D eigenvalue weighted by atomic mass is 79.9. The molecule has 1 N–H and O–H groups in total. The monoisotopic (exact) mass is 363 g/mol. The van der Waals surface area contributed by atoms with Gasteiger partial charge in [-0.15, -0.1) is 0 Å². The van der Waals surface area contributed by atoms with E-state index in [0.29, 0.717) is 23.8 Å². The van der Waals surface area contributed by atoms with Crippen LogP contribution in [0, 0.1) is 0 Å². The van der Waals surface area contributed by atoms with E-state index < -0.39 is 6.09 Å². The number of rotatable bonds is 2. The molecule has 0 saturated heterocycles. The van der Waals surface area contributed by atoms with Crippen LogP contribution in [0.1, 0.15) is 19.4 Å². The smallest absolute Gasteiger partial charge is 0.417 e. The first-order valence-corrected chi connectivity index (χ1v) is 8.01. The summed E-state index contributed by atoms with van der Waals surface area (Å²) in [6.45, 7) is 4.63. The average molecular weight is 364 g/mol. The summed E-state index contributed by atoms with van der Waals surface area (Å²) in [4.78, 5) is 11.9. The van der Waals surface area contributed by atoms with E-state index in [0.717, 1.165) is 16.5 Å². The van der Waals surface area contributed by atoms with Crippen LogP contribution < -0.4 is 14.8 Å². The van der Waals surface area contributed by atoms with Crippen molar-refractivity contribution in [1.29, 1.82) is 0 Å². The van der Waals surface area contributed by atoms with E-state index in [2.05, 4.69) is 21.2 Å². The number of carbonyl (C=O) groups excluding carboxylic acids is 1. The lowest BCUT2D eigenvalue weighted by molar-refractivity contribution is 0.215. The molecule has 116 valence electrons. The second-order valence-corrected chi connectivity index (χ2v) is 5.18. The molecule has 0 aromatic heterocycles. The Bertz CT molecular complexity index is 644. The number of para-hydroxylation sites is 1. The van der Waals surface area contributed by atoms with Gasteiger partial charge in [-0.25, -0.2) is 4.79 Å². The molecule has 2 aromatic carbocycles. The maximum Gasteiger partial charge on any atom is 0.417 e. The van der Waals surface area contributed by atoms with Gasteiger partial charge >= 0.3 is 6.09 Å². The van der Waals surface area contributed by atoms with Gasteiger partial charge in [-0.2, -0.15) is 0 Å². The minimum atomic E-state index is -0.531. The zero-order chi connectivity index (χ0) is 15.9. The van der Waals surface area contributed by atoms with E-state index in [1.165, 1.54) is 0 Å². The highest BCUT2D eigenvalue weighted by molar-refractivity contribution is 9.10. The number of anilines is 1. The maximum atomic E-state index is 11.9. The summed E-state index contributed by atoms with van der Waals surface area (Å²) in [6, 6.07) is 12.6. The number of fused-ring (bicyclic) bond motifs is 1. The quantitative estimate of drug-likeness (QED) is 0.814. The standard InChI is InChI=1S/C15H12BrNO3.C2H6/c16-12-6-7-13(14-11(12)8-9-19-14)17-15(18)20-10-4-2-1-3-5-10;1-2/h1-7H,8-9H2,(H,17,18);1-2H3. The number of hydrogen-bond donors (Lipinski definition) is 1. The number of carbonyl (C=O) groups is 1. The normalized spacial score (nSPS) is 11.6. The predicted molar refractivity (Wildman–Crippen MR) is 90.8 cm³/mol. The van der Waals surface area contributed by atoms with Gasteiger partial charge < -0.3 is 9.47 Å². The number of halogens is 1. The van der Waals surface area contributed by atoms with Gasteiger partial charge in [0.1, 0.15) is 11.5 Å². The zero-order valence-corrected chi connectivity index (χ0v) is 14.1. The van der Waals surface area contributed by atoms with Gasteiger partial charge in [0.2, 0.25) is 0 Å². The van der Waals surface area contributed by atoms with Crippen LogP contribution in [-0.4, -0.2) is 12.7 Å². The topological polar surface area (TPSA) is 47.6 Å². The van der Waals surface area contributed by atoms with E-state index >= 15 is 0 Å². The largest absolute Gasteiger partial charge is 0.491 e. The SMILES string of the molecule is CC.O=C(Nc1ccc(Br)c2c1OCC2)Oc1ccccc1. The van der Waals surface area contributed by atoms with Crippen molar-refractivity contribution in [3.63, 3.8) is 0 Å². The first-order valence-electron chi connectivity index (χ1n) is 7.22. The number of ether oxygens (including phenoxy) is 2. The number of nitrogens with one attached hydrogen (secondary N) is 1. The molecule has 0 spiro atoms. The van der Waals surface area contributed by atoms with Crippen LogP contribution >= 0.6 is 15.9 Å². The van der Waals surface area contributed by atoms with E-state index in [4.69, 9.17) is 9.47 Å². The highest BCUT2D eigenvalue weighted by Crippen LogP contribution is 2.38. The molecule has 0 unspecified atom stereocenters. The fourth-order valence-corrected chi connectivity index (χ4v) is 2.60. The van der Waals surface area contributed by atoms with Crippen LogP contribution in [-0.2, 0) is 6.42 Å². The molecule has 0 aliphatic carbocycles. The molecule has 2 aromatic rings. The van der Waals surface area contributed by atoms with Gasteiger partial charge in [0.15, 0.2) is 0 Å². The Kier molecular flexibility index (Phi) is 5.83. The van der Waals surface area contributed by atoms with Gasteiger partial charge in [0.25, 0.3) is 0 Å². The van der Waals surface area contributed by atoms with Gasteiger partial charge in [-0.3, -0.25) is 5.32 Å². The Labute approximate surface area is 138 Å². The van der Waals surface area contributed by atoms with Gasteiger partial charge in [0.05, 0.1) is 12.3 Å². The summed E-state index contributed by atoms with van der Waals surface area (Å²) < 4.78 is 11.7. The van der Waals surface area contributed by atoms with Crippen molar-refractivity contribution < 1.29 is 14.3 Å². The lowest BCUT2D eigenvalue weighted by Gasteiger charge is -2.11. The molecular formula is C17H18BrNO3. The van der Waals surface area contributed by atoms with Crippen molar-refractivity contribution in [2.45, 2.75) is 20.3 Å². The Morgan fingerprint density at radius 2 is 1.91 bits per heavy atom. The van der Waals surface area contributed by atoms with Crippen molar-refractivity contribution in [3.8, 4) is 11.5 Å². The third kappa shape index (κ3) is 3.80. The fraction of sp³-hybridized carbons (Fsp3) is 0.235. The molecule has 5 heteroatoms. The van der Waals surface area contributed by atoms with Crippen LogP contribution in [0.4, 0.5) is 10.5 Å². The average Bonchev–Trinajstić information content (AvgIpc) is 3.04. The summed E-state index contributed by atoms with van der Waals surface area (Å²) in [5.41, 5.74) is 1.70. The summed E-state index contributed by atoms with van der Waals surface area (Å²) in [6.07, 6.45) is 0.301. The molecule has 0 fully saturated rings. The van der Waals surface area contributed by atoms with E-state index in [9.17, 15) is 4.79 Å². The van der Waals surface area contributed by atoms with Crippen molar-refractivity contribution in [1.82, 2.24) is 0 Å². The van der Waals surface area contributed by atoms with Crippen LogP contribution in [0.15, 0.2) is 46.9 Å². The van der Waals surface area contributed by atoms with E-state index in [-0.39, 0.29) is 0 Å². The molecule has 0 radical (unpaired) electrons. The highest BCUT2D eigenvalue weighted by Gasteiger charge is 2.20. The lowest BCUT2D eigenvalue weighted by Crippen LogP contribution is -2.17. The molecule has 0 saturated carbocycles. The molecule has 3 rings (SSSR count). The minimum Gasteiger partial charge on any atom is -0.491 e. The first kappa shape index (κ1) is 16.4. The maximum absolute atomic E-state index is 11.9.